The molecule has 0 saturated carbocycles. The smallest absolute Gasteiger partial charge is 0.225 e. The van der Waals surface area contributed by atoms with Gasteiger partial charge in [-0.3, -0.25) is 4.79 Å². The SMILES string of the molecule is CC(C)CNCCC(=O)Nc1c(Cl)cccc1Cl. The van der Waals surface area contributed by atoms with E-state index >= 15 is 0 Å². The quantitative estimate of drug-likeness (QED) is 0.786. The van der Waals surface area contributed by atoms with E-state index in [1.807, 2.05) is 0 Å². The fourth-order valence-corrected chi connectivity index (χ4v) is 1.90. The molecule has 0 atom stereocenters. The van der Waals surface area contributed by atoms with Crippen LogP contribution >= 0.6 is 23.2 Å². The molecule has 1 aromatic carbocycles. The third kappa shape index (κ3) is 5.25. The van der Waals surface area contributed by atoms with E-state index in [-0.39, 0.29) is 5.91 Å². The Hall–Kier alpha value is -0.770. The van der Waals surface area contributed by atoms with Crippen LogP contribution in [0.15, 0.2) is 18.2 Å². The summed E-state index contributed by atoms with van der Waals surface area (Å²) < 4.78 is 0. The van der Waals surface area contributed by atoms with E-state index < -0.39 is 0 Å². The highest BCUT2D eigenvalue weighted by Crippen LogP contribution is 2.29. The van der Waals surface area contributed by atoms with Crippen LogP contribution in [0.1, 0.15) is 20.3 Å². The topological polar surface area (TPSA) is 41.1 Å². The number of para-hydroxylation sites is 1. The first-order valence-corrected chi connectivity index (χ1v) is 6.71. The number of carbonyl (C=O) groups excluding carboxylic acids is 1. The second kappa shape index (κ2) is 7.62. The Morgan fingerprint density at radius 2 is 1.89 bits per heavy atom. The minimum absolute atomic E-state index is 0.0961. The first-order chi connectivity index (χ1) is 8.50. The van der Waals surface area contributed by atoms with Crippen LogP contribution in [-0.2, 0) is 4.79 Å². The normalized spacial score (nSPS) is 10.7. The third-order valence-corrected chi connectivity index (χ3v) is 2.94. The number of carbonyl (C=O) groups is 1. The molecule has 0 spiro atoms. The summed E-state index contributed by atoms with van der Waals surface area (Å²) in [6.45, 7) is 5.79. The van der Waals surface area contributed by atoms with E-state index in [2.05, 4.69) is 24.5 Å². The molecule has 0 aliphatic carbocycles. The summed E-state index contributed by atoms with van der Waals surface area (Å²) in [5.74, 6) is 0.479. The van der Waals surface area contributed by atoms with Gasteiger partial charge >= 0.3 is 0 Å². The van der Waals surface area contributed by atoms with Crippen molar-refractivity contribution in [2.45, 2.75) is 20.3 Å². The molecule has 3 nitrogen and oxygen atoms in total. The van der Waals surface area contributed by atoms with Crippen LogP contribution < -0.4 is 10.6 Å². The van der Waals surface area contributed by atoms with Crippen LogP contribution in [0, 0.1) is 5.92 Å². The predicted octanol–water partition coefficient (Wildman–Crippen LogP) is 3.57. The van der Waals surface area contributed by atoms with E-state index in [9.17, 15) is 4.79 Å². The number of nitrogens with one attached hydrogen (secondary N) is 2. The van der Waals surface area contributed by atoms with Gasteiger partial charge in [-0.15, -0.1) is 0 Å². The number of halogens is 2. The van der Waals surface area contributed by atoms with Gasteiger partial charge in [0.2, 0.25) is 5.91 Å². The monoisotopic (exact) mass is 288 g/mol. The summed E-state index contributed by atoms with van der Waals surface area (Å²) >= 11 is 11.9. The maximum Gasteiger partial charge on any atom is 0.225 e. The first-order valence-electron chi connectivity index (χ1n) is 5.95. The van der Waals surface area contributed by atoms with Crippen LogP contribution in [0.3, 0.4) is 0 Å². The molecule has 18 heavy (non-hydrogen) atoms. The largest absolute Gasteiger partial charge is 0.324 e. The van der Waals surface area contributed by atoms with E-state index in [4.69, 9.17) is 23.2 Å². The van der Waals surface area contributed by atoms with Gasteiger partial charge < -0.3 is 10.6 Å². The standard InChI is InChI=1S/C13H18Cl2N2O/c1-9(2)8-16-7-6-12(18)17-13-10(14)4-3-5-11(13)15/h3-5,9,16H,6-8H2,1-2H3,(H,17,18). The fourth-order valence-electron chi connectivity index (χ4n) is 1.41. The molecule has 0 bridgehead atoms. The van der Waals surface area contributed by atoms with Gasteiger partial charge in [0.15, 0.2) is 0 Å². The zero-order valence-electron chi connectivity index (χ0n) is 10.6. The van der Waals surface area contributed by atoms with Crippen molar-refractivity contribution in [3.8, 4) is 0 Å². The second-order valence-electron chi connectivity index (χ2n) is 4.49. The second-order valence-corrected chi connectivity index (χ2v) is 5.31. The Kier molecular flexibility index (Phi) is 6.47. The lowest BCUT2D eigenvalue weighted by Crippen LogP contribution is -2.25. The zero-order valence-corrected chi connectivity index (χ0v) is 12.1. The van der Waals surface area contributed by atoms with E-state index in [1.165, 1.54) is 0 Å². The summed E-state index contributed by atoms with van der Waals surface area (Å²) in [7, 11) is 0. The Balaban J connectivity index is 2.40. The lowest BCUT2D eigenvalue weighted by atomic mass is 10.2. The van der Waals surface area contributed by atoms with Crippen molar-refractivity contribution in [2.75, 3.05) is 18.4 Å². The molecular formula is C13H18Cl2N2O. The molecule has 0 unspecified atom stereocenters. The van der Waals surface area contributed by atoms with Gasteiger partial charge in [0.05, 0.1) is 15.7 Å². The van der Waals surface area contributed by atoms with Crippen LogP contribution in [0.2, 0.25) is 10.0 Å². The van der Waals surface area contributed by atoms with Gasteiger partial charge in [0.25, 0.3) is 0 Å². The molecule has 0 saturated heterocycles. The molecule has 1 rings (SSSR count). The van der Waals surface area contributed by atoms with Gasteiger partial charge in [-0.05, 0) is 24.6 Å². The Labute approximate surface area is 118 Å². The number of benzene rings is 1. The Morgan fingerprint density at radius 3 is 2.44 bits per heavy atom. The van der Waals surface area contributed by atoms with Crippen molar-refractivity contribution in [3.63, 3.8) is 0 Å². The minimum Gasteiger partial charge on any atom is -0.324 e. The molecule has 0 aliphatic rings. The number of amides is 1. The molecule has 0 heterocycles. The minimum atomic E-state index is -0.0961. The van der Waals surface area contributed by atoms with E-state index in [0.29, 0.717) is 34.6 Å². The highest BCUT2D eigenvalue weighted by atomic mass is 35.5. The average molecular weight is 289 g/mol. The summed E-state index contributed by atoms with van der Waals surface area (Å²) in [5.41, 5.74) is 0.481. The molecule has 5 heteroatoms. The predicted molar refractivity (Wildman–Crippen MR) is 77.4 cm³/mol. The molecule has 2 N–H and O–H groups in total. The molecule has 0 radical (unpaired) electrons. The summed E-state index contributed by atoms with van der Waals surface area (Å²) in [6.07, 6.45) is 0.397. The number of rotatable bonds is 6. The van der Waals surface area contributed by atoms with Gasteiger partial charge in [0.1, 0.15) is 0 Å². The Bertz CT molecular complexity index is 388. The summed E-state index contributed by atoms with van der Waals surface area (Å²) in [5, 5.41) is 6.83. The molecule has 100 valence electrons. The zero-order chi connectivity index (χ0) is 13.5. The maximum absolute atomic E-state index is 11.7. The molecule has 0 fully saturated rings. The van der Waals surface area contributed by atoms with Crippen LogP contribution in [0.5, 0.6) is 0 Å². The van der Waals surface area contributed by atoms with Crippen LogP contribution in [0.25, 0.3) is 0 Å². The van der Waals surface area contributed by atoms with Crippen LogP contribution in [0.4, 0.5) is 5.69 Å². The fraction of sp³-hybridized carbons (Fsp3) is 0.462. The molecule has 1 amide bonds. The third-order valence-electron chi connectivity index (χ3n) is 2.31. The van der Waals surface area contributed by atoms with Crippen molar-refractivity contribution in [3.05, 3.63) is 28.2 Å². The molecule has 0 aromatic heterocycles. The Morgan fingerprint density at radius 1 is 1.28 bits per heavy atom. The van der Waals surface area contributed by atoms with Gasteiger partial charge in [-0.1, -0.05) is 43.1 Å². The lowest BCUT2D eigenvalue weighted by Gasteiger charge is -2.10. The van der Waals surface area contributed by atoms with Crippen molar-refractivity contribution >= 4 is 34.8 Å². The summed E-state index contributed by atoms with van der Waals surface area (Å²) in [6, 6.07) is 5.13. The van der Waals surface area contributed by atoms with Crippen molar-refractivity contribution in [1.29, 1.82) is 0 Å². The van der Waals surface area contributed by atoms with Crippen molar-refractivity contribution < 1.29 is 4.79 Å². The molecule has 0 aliphatic heterocycles. The lowest BCUT2D eigenvalue weighted by molar-refractivity contribution is -0.116. The number of hydrogen-bond donors (Lipinski definition) is 2. The molecule has 1 aromatic rings. The maximum atomic E-state index is 11.7. The van der Waals surface area contributed by atoms with Crippen molar-refractivity contribution in [1.82, 2.24) is 5.32 Å². The van der Waals surface area contributed by atoms with Gasteiger partial charge in [-0.2, -0.15) is 0 Å². The van der Waals surface area contributed by atoms with Crippen molar-refractivity contribution in [2.24, 2.45) is 5.92 Å². The first kappa shape index (κ1) is 15.3. The van der Waals surface area contributed by atoms with E-state index in [0.717, 1.165) is 6.54 Å². The number of anilines is 1. The number of hydrogen-bond acceptors (Lipinski definition) is 2. The van der Waals surface area contributed by atoms with Crippen LogP contribution in [-0.4, -0.2) is 19.0 Å². The van der Waals surface area contributed by atoms with E-state index in [1.54, 1.807) is 18.2 Å². The summed E-state index contributed by atoms with van der Waals surface area (Å²) in [4.78, 5) is 11.7. The van der Waals surface area contributed by atoms with Gasteiger partial charge in [0, 0.05) is 13.0 Å². The highest BCUT2D eigenvalue weighted by molar-refractivity contribution is 6.39. The average Bonchev–Trinajstić information content (AvgIpc) is 2.29. The molecular weight excluding hydrogens is 271 g/mol. The highest BCUT2D eigenvalue weighted by Gasteiger charge is 2.09. The van der Waals surface area contributed by atoms with Gasteiger partial charge in [-0.25, -0.2) is 0 Å².